The molecular weight excluding hydrogens is 298 g/mol. The van der Waals surface area contributed by atoms with Gasteiger partial charge in [-0.05, 0) is 28.1 Å². The van der Waals surface area contributed by atoms with Gasteiger partial charge in [0, 0.05) is 17.6 Å². The molecule has 0 fully saturated rings. The molecule has 1 aromatic carbocycles. The quantitative estimate of drug-likeness (QED) is 0.858. The summed E-state index contributed by atoms with van der Waals surface area (Å²) in [6, 6.07) is 12.2. The minimum absolute atomic E-state index is 0.478. The van der Waals surface area contributed by atoms with Gasteiger partial charge >= 0.3 is 0 Å². The van der Waals surface area contributed by atoms with Crippen molar-refractivity contribution in [3.05, 3.63) is 40.3 Å². The summed E-state index contributed by atoms with van der Waals surface area (Å²) in [7, 11) is 0. The van der Waals surface area contributed by atoms with Crippen LogP contribution in [0.5, 0.6) is 0 Å². The van der Waals surface area contributed by atoms with Crippen LogP contribution in [0, 0.1) is 11.3 Å². The summed E-state index contributed by atoms with van der Waals surface area (Å²) >= 11 is 4.91. The van der Waals surface area contributed by atoms with Crippen molar-refractivity contribution in [3.63, 3.8) is 0 Å². The number of rotatable bonds is 4. The number of halogens is 1. The molecule has 86 valence electrons. The molecule has 0 radical (unpaired) electrons. The molecule has 0 N–H and O–H groups in total. The second-order valence-corrected chi connectivity index (χ2v) is 5.00. The highest BCUT2D eigenvalue weighted by Crippen LogP contribution is 2.30. The van der Waals surface area contributed by atoms with Crippen LogP contribution in [0.2, 0.25) is 0 Å². The van der Waals surface area contributed by atoms with Crippen LogP contribution in [0.3, 0.4) is 0 Å². The Balaban J connectivity index is 2.29. The van der Waals surface area contributed by atoms with Crippen LogP contribution in [-0.4, -0.2) is 11.5 Å². The van der Waals surface area contributed by atoms with E-state index in [-0.39, 0.29) is 0 Å². The minimum Gasteiger partial charge on any atom is -0.317 e. The predicted octanol–water partition coefficient (Wildman–Crippen LogP) is 3.96. The van der Waals surface area contributed by atoms with Gasteiger partial charge in [-0.25, -0.2) is 4.98 Å². The van der Waals surface area contributed by atoms with Crippen molar-refractivity contribution >= 4 is 38.1 Å². The highest BCUT2D eigenvalue weighted by Gasteiger charge is 2.12. The van der Waals surface area contributed by atoms with Crippen LogP contribution < -0.4 is 4.90 Å². The van der Waals surface area contributed by atoms with E-state index in [1.165, 1.54) is 0 Å². The first-order valence-corrected chi connectivity index (χ1v) is 6.79. The molecular formula is C12H10BrN3S. The van der Waals surface area contributed by atoms with Crippen molar-refractivity contribution in [2.24, 2.45) is 0 Å². The molecule has 5 heteroatoms. The normalized spacial score (nSPS) is 9.88. The summed E-state index contributed by atoms with van der Waals surface area (Å²) < 4.78 is 0.829. The molecule has 0 saturated heterocycles. The van der Waals surface area contributed by atoms with Gasteiger partial charge < -0.3 is 4.90 Å². The molecule has 0 aliphatic rings. The average molecular weight is 308 g/mol. The monoisotopic (exact) mass is 307 g/mol. The van der Waals surface area contributed by atoms with Crippen LogP contribution in [0.15, 0.2) is 40.3 Å². The molecule has 0 unspecified atom stereocenters. The van der Waals surface area contributed by atoms with Crippen molar-refractivity contribution in [2.45, 2.75) is 6.42 Å². The Kier molecular flexibility index (Phi) is 4.13. The SMILES string of the molecule is N#CCCN(c1ccccc1)c1nc(Br)cs1. The maximum absolute atomic E-state index is 8.71. The van der Waals surface area contributed by atoms with Crippen molar-refractivity contribution in [2.75, 3.05) is 11.4 Å². The number of para-hydroxylation sites is 1. The van der Waals surface area contributed by atoms with Crippen LogP contribution >= 0.6 is 27.3 Å². The van der Waals surface area contributed by atoms with Gasteiger partial charge in [-0.15, -0.1) is 11.3 Å². The van der Waals surface area contributed by atoms with Crippen molar-refractivity contribution < 1.29 is 0 Å². The van der Waals surface area contributed by atoms with E-state index < -0.39 is 0 Å². The second kappa shape index (κ2) is 5.80. The summed E-state index contributed by atoms with van der Waals surface area (Å²) in [4.78, 5) is 6.45. The number of thiazole rings is 1. The lowest BCUT2D eigenvalue weighted by atomic mass is 10.3. The van der Waals surface area contributed by atoms with E-state index in [2.05, 4.69) is 31.9 Å². The van der Waals surface area contributed by atoms with Crippen molar-refractivity contribution in [1.82, 2.24) is 4.98 Å². The molecule has 1 aromatic heterocycles. The van der Waals surface area contributed by atoms with Gasteiger partial charge in [0.15, 0.2) is 5.13 Å². The van der Waals surface area contributed by atoms with Gasteiger partial charge in [0.2, 0.25) is 0 Å². The Bertz CT molecular complexity index is 518. The molecule has 0 spiro atoms. The fourth-order valence-electron chi connectivity index (χ4n) is 1.47. The Morgan fingerprint density at radius 3 is 2.71 bits per heavy atom. The Morgan fingerprint density at radius 2 is 2.12 bits per heavy atom. The molecule has 1 heterocycles. The lowest BCUT2D eigenvalue weighted by Gasteiger charge is -2.20. The van der Waals surface area contributed by atoms with Gasteiger partial charge in [-0.2, -0.15) is 5.26 Å². The van der Waals surface area contributed by atoms with Gasteiger partial charge in [-0.3, -0.25) is 0 Å². The third kappa shape index (κ3) is 3.05. The maximum atomic E-state index is 8.71. The zero-order valence-corrected chi connectivity index (χ0v) is 11.4. The van der Waals surface area contributed by atoms with Gasteiger partial charge in [-0.1, -0.05) is 18.2 Å². The summed E-state index contributed by atoms with van der Waals surface area (Å²) in [5.74, 6) is 0. The molecule has 2 rings (SSSR count). The first-order valence-electron chi connectivity index (χ1n) is 5.12. The number of aromatic nitrogens is 1. The lowest BCUT2D eigenvalue weighted by Crippen LogP contribution is -2.17. The molecule has 0 aliphatic heterocycles. The Hall–Kier alpha value is -1.38. The molecule has 2 aromatic rings. The minimum atomic E-state index is 0.478. The van der Waals surface area contributed by atoms with Crippen LogP contribution in [-0.2, 0) is 0 Å². The number of hydrogen-bond donors (Lipinski definition) is 0. The van der Waals surface area contributed by atoms with E-state index in [4.69, 9.17) is 5.26 Å². The predicted molar refractivity (Wildman–Crippen MR) is 73.5 cm³/mol. The maximum Gasteiger partial charge on any atom is 0.190 e. The molecule has 0 atom stereocenters. The Labute approximate surface area is 112 Å². The molecule has 0 bridgehead atoms. The molecule has 17 heavy (non-hydrogen) atoms. The van der Waals surface area contributed by atoms with E-state index in [9.17, 15) is 0 Å². The third-order valence-electron chi connectivity index (χ3n) is 2.21. The average Bonchev–Trinajstić information content (AvgIpc) is 2.78. The molecule has 0 saturated carbocycles. The second-order valence-electron chi connectivity index (χ2n) is 3.35. The summed E-state index contributed by atoms with van der Waals surface area (Å²) in [5.41, 5.74) is 1.06. The Morgan fingerprint density at radius 1 is 1.35 bits per heavy atom. The van der Waals surface area contributed by atoms with Crippen LogP contribution in [0.25, 0.3) is 0 Å². The molecule has 0 aliphatic carbocycles. The number of hydrogen-bond acceptors (Lipinski definition) is 4. The number of benzene rings is 1. The van der Waals surface area contributed by atoms with Gasteiger partial charge in [0.1, 0.15) is 4.60 Å². The van der Waals surface area contributed by atoms with Crippen molar-refractivity contribution in [1.29, 1.82) is 5.26 Å². The molecule has 3 nitrogen and oxygen atoms in total. The first kappa shape index (κ1) is 12.1. The zero-order valence-electron chi connectivity index (χ0n) is 9.01. The van der Waals surface area contributed by atoms with E-state index >= 15 is 0 Å². The standard InChI is InChI=1S/C12H10BrN3S/c13-11-9-17-12(15-11)16(8-4-7-14)10-5-2-1-3-6-10/h1-3,5-6,9H,4,8H2. The first-order chi connectivity index (χ1) is 8.31. The van der Waals surface area contributed by atoms with E-state index in [1.54, 1.807) is 11.3 Å². The van der Waals surface area contributed by atoms with Crippen molar-refractivity contribution in [3.8, 4) is 6.07 Å². The number of anilines is 2. The van der Waals surface area contributed by atoms with E-state index in [1.807, 2.05) is 35.7 Å². The topological polar surface area (TPSA) is 39.9 Å². The zero-order chi connectivity index (χ0) is 12.1. The smallest absolute Gasteiger partial charge is 0.190 e. The largest absolute Gasteiger partial charge is 0.317 e. The third-order valence-corrected chi connectivity index (χ3v) is 3.78. The number of nitrogens with zero attached hydrogens (tertiary/aromatic N) is 3. The van der Waals surface area contributed by atoms with Crippen LogP contribution in [0.1, 0.15) is 6.42 Å². The van der Waals surface area contributed by atoms with Gasteiger partial charge in [0.05, 0.1) is 12.5 Å². The fraction of sp³-hybridized carbons (Fsp3) is 0.167. The highest BCUT2D eigenvalue weighted by molar-refractivity contribution is 9.10. The lowest BCUT2D eigenvalue weighted by molar-refractivity contribution is 0.939. The summed E-state index contributed by atoms with van der Waals surface area (Å²) in [5, 5.41) is 11.6. The highest BCUT2D eigenvalue weighted by atomic mass is 79.9. The summed E-state index contributed by atoms with van der Waals surface area (Å²) in [6.45, 7) is 0.653. The van der Waals surface area contributed by atoms with Crippen LogP contribution in [0.4, 0.5) is 10.8 Å². The molecule has 0 amide bonds. The van der Waals surface area contributed by atoms with E-state index in [0.29, 0.717) is 13.0 Å². The fourth-order valence-corrected chi connectivity index (χ4v) is 2.77. The van der Waals surface area contributed by atoms with E-state index in [0.717, 1.165) is 15.4 Å². The summed E-state index contributed by atoms with van der Waals surface area (Å²) in [6.07, 6.45) is 0.478. The number of nitriles is 1. The van der Waals surface area contributed by atoms with Gasteiger partial charge in [0.25, 0.3) is 0 Å².